The number of hydrogen-bond acceptors (Lipinski definition) is 4. The van der Waals surface area contributed by atoms with E-state index in [1.54, 1.807) is 20.4 Å². The quantitative estimate of drug-likeness (QED) is 0.494. The van der Waals surface area contributed by atoms with E-state index in [2.05, 4.69) is 40.4 Å². The lowest BCUT2D eigenvalue weighted by Crippen LogP contribution is -2.15. The first-order valence-electron chi connectivity index (χ1n) is 9.18. The van der Waals surface area contributed by atoms with E-state index in [9.17, 15) is 0 Å². The zero-order valence-corrected chi connectivity index (χ0v) is 16.2. The minimum atomic E-state index is -0.146. The van der Waals surface area contributed by atoms with Crippen molar-refractivity contribution in [2.24, 2.45) is 0 Å². The Morgan fingerprint density at radius 2 is 1.79 bits per heavy atom. The minimum absolute atomic E-state index is 0.146. The third kappa shape index (κ3) is 3.27. The van der Waals surface area contributed by atoms with Gasteiger partial charge in [0.15, 0.2) is 0 Å². The van der Waals surface area contributed by atoms with Gasteiger partial charge in [0, 0.05) is 40.0 Å². The highest BCUT2D eigenvalue weighted by molar-refractivity contribution is 5.86. The number of aromatic nitrogens is 2. The summed E-state index contributed by atoms with van der Waals surface area (Å²) in [6.45, 7) is 2.10. The van der Waals surface area contributed by atoms with Gasteiger partial charge >= 0.3 is 0 Å². The first kappa shape index (κ1) is 17.9. The molecule has 2 heterocycles. The molecule has 5 nitrogen and oxygen atoms in total. The SMILES string of the molecule is COc1ccc([C@H](Nc2ccccn2)c2c(C)[nH]c3ccccc23)c(OC)c1. The Kier molecular flexibility index (Phi) is 4.89. The number of fused-ring (bicyclic) bond motifs is 1. The number of ether oxygens (including phenoxy) is 2. The van der Waals surface area contributed by atoms with E-state index in [0.717, 1.165) is 34.1 Å². The van der Waals surface area contributed by atoms with Gasteiger partial charge in [0.25, 0.3) is 0 Å². The third-order valence-corrected chi connectivity index (χ3v) is 4.94. The molecule has 0 saturated heterocycles. The van der Waals surface area contributed by atoms with Crippen LogP contribution >= 0.6 is 0 Å². The average Bonchev–Trinajstić information content (AvgIpc) is 3.08. The van der Waals surface area contributed by atoms with Crippen LogP contribution < -0.4 is 14.8 Å². The lowest BCUT2D eigenvalue weighted by Gasteiger charge is -2.23. The van der Waals surface area contributed by atoms with Crippen LogP contribution in [-0.4, -0.2) is 24.2 Å². The Hall–Kier alpha value is -3.47. The van der Waals surface area contributed by atoms with Crippen molar-refractivity contribution in [1.29, 1.82) is 0 Å². The third-order valence-electron chi connectivity index (χ3n) is 4.94. The van der Waals surface area contributed by atoms with Crippen molar-refractivity contribution in [3.05, 3.63) is 83.7 Å². The van der Waals surface area contributed by atoms with E-state index in [4.69, 9.17) is 9.47 Å². The van der Waals surface area contributed by atoms with Crippen LogP contribution in [0.4, 0.5) is 5.82 Å². The van der Waals surface area contributed by atoms with Gasteiger partial charge in [-0.15, -0.1) is 0 Å². The van der Waals surface area contributed by atoms with Crippen LogP contribution in [0.2, 0.25) is 0 Å². The van der Waals surface area contributed by atoms with Crippen molar-refractivity contribution in [3.8, 4) is 11.5 Å². The fourth-order valence-electron chi connectivity index (χ4n) is 3.63. The number of pyridine rings is 1. The lowest BCUT2D eigenvalue weighted by atomic mass is 9.95. The molecule has 2 N–H and O–H groups in total. The monoisotopic (exact) mass is 373 g/mol. The maximum Gasteiger partial charge on any atom is 0.128 e. The van der Waals surface area contributed by atoms with Gasteiger partial charge in [-0.2, -0.15) is 0 Å². The standard InChI is InChI=1S/C23H23N3O2/c1-15-22(17-8-4-5-9-19(17)25-15)23(26-21-10-6-7-13-24-21)18-12-11-16(27-2)14-20(18)28-3/h4-14,23,25H,1-3H3,(H,24,26)/t23-/m0/s1. The molecule has 0 radical (unpaired) electrons. The number of rotatable bonds is 6. The Morgan fingerprint density at radius 3 is 2.54 bits per heavy atom. The van der Waals surface area contributed by atoms with Crippen LogP contribution in [0, 0.1) is 6.92 Å². The molecule has 4 rings (SSSR count). The Bertz CT molecular complexity index is 1090. The second kappa shape index (κ2) is 7.64. The fourth-order valence-corrected chi connectivity index (χ4v) is 3.63. The first-order valence-corrected chi connectivity index (χ1v) is 9.18. The van der Waals surface area contributed by atoms with Crippen LogP contribution in [-0.2, 0) is 0 Å². The normalized spacial score (nSPS) is 12.0. The minimum Gasteiger partial charge on any atom is -0.497 e. The molecule has 142 valence electrons. The fraction of sp³-hybridized carbons (Fsp3) is 0.174. The number of methoxy groups -OCH3 is 2. The number of hydrogen-bond donors (Lipinski definition) is 2. The number of para-hydroxylation sites is 1. The molecular formula is C23H23N3O2. The average molecular weight is 373 g/mol. The summed E-state index contributed by atoms with van der Waals surface area (Å²) in [4.78, 5) is 7.96. The second-order valence-corrected chi connectivity index (χ2v) is 6.61. The van der Waals surface area contributed by atoms with Crippen molar-refractivity contribution < 1.29 is 9.47 Å². The predicted octanol–water partition coefficient (Wildman–Crippen LogP) is 5.09. The summed E-state index contributed by atoms with van der Waals surface area (Å²) in [5.74, 6) is 2.32. The van der Waals surface area contributed by atoms with Crippen molar-refractivity contribution in [2.75, 3.05) is 19.5 Å². The molecule has 0 saturated carbocycles. The Morgan fingerprint density at radius 1 is 0.964 bits per heavy atom. The number of aromatic amines is 1. The summed E-state index contributed by atoms with van der Waals surface area (Å²) < 4.78 is 11.1. The maximum absolute atomic E-state index is 5.71. The number of H-pyrrole nitrogens is 1. The number of nitrogens with zero attached hydrogens (tertiary/aromatic N) is 1. The second-order valence-electron chi connectivity index (χ2n) is 6.61. The van der Waals surface area contributed by atoms with Crippen LogP contribution in [0.15, 0.2) is 66.9 Å². The van der Waals surface area contributed by atoms with Crippen LogP contribution in [0.3, 0.4) is 0 Å². The van der Waals surface area contributed by atoms with Gasteiger partial charge in [-0.05, 0) is 37.3 Å². The number of benzene rings is 2. The van der Waals surface area contributed by atoms with E-state index in [0.29, 0.717) is 0 Å². The summed E-state index contributed by atoms with van der Waals surface area (Å²) in [6, 6.07) is 19.9. The molecule has 28 heavy (non-hydrogen) atoms. The van der Waals surface area contributed by atoms with E-state index in [1.807, 2.05) is 42.5 Å². The number of anilines is 1. The van der Waals surface area contributed by atoms with Gasteiger partial charge in [0.2, 0.25) is 0 Å². The molecule has 0 amide bonds. The largest absolute Gasteiger partial charge is 0.497 e. The first-order chi connectivity index (χ1) is 13.7. The molecule has 2 aromatic carbocycles. The van der Waals surface area contributed by atoms with Gasteiger partial charge in [-0.25, -0.2) is 4.98 Å². The van der Waals surface area contributed by atoms with Crippen molar-refractivity contribution in [1.82, 2.24) is 9.97 Å². The predicted molar refractivity (Wildman–Crippen MR) is 112 cm³/mol. The topological polar surface area (TPSA) is 59.2 Å². The number of nitrogens with one attached hydrogen (secondary N) is 2. The zero-order valence-electron chi connectivity index (χ0n) is 16.2. The maximum atomic E-state index is 5.71. The summed E-state index contributed by atoms with van der Waals surface area (Å²) in [6.07, 6.45) is 1.78. The smallest absolute Gasteiger partial charge is 0.128 e. The van der Waals surface area contributed by atoms with Crippen LogP contribution in [0.5, 0.6) is 11.5 Å². The highest BCUT2D eigenvalue weighted by Crippen LogP contribution is 2.39. The van der Waals surface area contributed by atoms with Crippen LogP contribution in [0.1, 0.15) is 22.9 Å². The van der Waals surface area contributed by atoms with E-state index in [-0.39, 0.29) is 6.04 Å². The molecule has 0 spiro atoms. The Labute approximate surface area is 164 Å². The summed E-state index contributed by atoms with van der Waals surface area (Å²) in [5, 5.41) is 4.76. The van der Waals surface area contributed by atoms with E-state index < -0.39 is 0 Å². The molecule has 1 atom stereocenters. The lowest BCUT2D eigenvalue weighted by molar-refractivity contribution is 0.390. The molecule has 0 aliphatic carbocycles. The van der Waals surface area contributed by atoms with Gasteiger partial charge in [-0.3, -0.25) is 0 Å². The van der Waals surface area contributed by atoms with Crippen LogP contribution in [0.25, 0.3) is 10.9 Å². The molecule has 0 bridgehead atoms. The van der Waals surface area contributed by atoms with Crippen molar-refractivity contribution in [2.45, 2.75) is 13.0 Å². The highest BCUT2D eigenvalue weighted by atomic mass is 16.5. The molecule has 5 heteroatoms. The van der Waals surface area contributed by atoms with Gasteiger partial charge < -0.3 is 19.8 Å². The number of aryl methyl sites for hydroxylation is 1. The molecular weight excluding hydrogens is 350 g/mol. The zero-order chi connectivity index (χ0) is 19.5. The summed E-state index contributed by atoms with van der Waals surface area (Å²) in [7, 11) is 3.33. The molecule has 0 aliphatic heterocycles. The molecule has 0 unspecified atom stereocenters. The van der Waals surface area contributed by atoms with Crippen molar-refractivity contribution >= 4 is 16.7 Å². The highest BCUT2D eigenvalue weighted by Gasteiger charge is 2.24. The molecule has 4 aromatic rings. The molecule has 0 fully saturated rings. The van der Waals surface area contributed by atoms with Gasteiger partial charge in [-0.1, -0.05) is 24.3 Å². The molecule has 0 aliphatic rings. The van der Waals surface area contributed by atoms with Crippen molar-refractivity contribution in [3.63, 3.8) is 0 Å². The van der Waals surface area contributed by atoms with Gasteiger partial charge in [0.1, 0.15) is 17.3 Å². The van der Waals surface area contributed by atoms with Gasteiger partial charge in [0.05, 0.1) is 20.3 Å². The molecule has 2 aromatic heterocycles. The summed E-state index contributed by atoms with van der Waals surface area (Å²) in [5.41, 5.74) is 4.40. The van der Waals surface area contributed by atoms with E-state index in [1.165, 1.54) is 10.9 Å². The Balaban J connectivity index is 1.91. The van der Waals surface area contributed by atoms with E-state index >= 15 is 0 Å². The summed E-state index contributed by atoms with van der Waals surface area (Å²) >= 11 is 0.